The van der Waals surface area contributed by atoms with E-state index >= 15 is 0 Å². The maximum absolute atomic E-state index is 12.7. The third kappa shape index (κ3) is 1.46. The van der Waals surface area contributed by atoms with Gasteiger partial charge in [-0.1, -0.05) is 0 Å². The second-order valence-electron chi connectivity index (χ2n) is 2.55. The Labute approximate surface area is 86.5 Å². The molecule has 2 rings (SSSR count). The smallest absolute Gasteiger partial charge is 0.205 e. The van der Waals surface area contributed by atoms with Gasteiger partial charge in [0.1, 0.15) is 17.7 Å². The van der Waals surface area contributed by atoms with Crippen molar-refractivity contribution >= 4 is 33.6 Å². The molecular formula is C9H4FIO2. The first-order chi connectivity index (χ1) is 6.18. The van der Waals surface area contributed by atoms with E-state index in [2.05, 4.69) is 0 Å². The normalized spacial score (nSPS) is 10.6. The zero-order valence-corrected chi connectivity index (χ0v) is 8.54. The van der Waals surface area contributed by atoms with Crippen LogP contribution in [0.25, 0.3) is 11.0 Å². The Morgan fingerprint density at radius 2 is 2.15 bits per heavy atom. The third-order valence-electron chi connectivity index (χ3n) is 1.69. The van der Waals surface area contributed by atoms with Gasteiger partial charge in [-0.3, -0.25) is 4.79 Å². The summed E-state index contributed by atoms with van der Waals surface area (Å²) in [5.74, 6) is -0.406. The van der Waals surface area contributed by atoms with Crippen LogP contribution >= 0.6 is 22.6 Å². The van der Waals surface area contributed by atoms with Gasteiger partial charge in [-0.2, -0.15) is 0 Å². The highest BCUT2D eigenvalue weighted by atomic mass is 127. The number of rotatable bonds is 0. The van der Waals surface area contributed by atoms with Gasteiger partial charge < -0.3 is 4.42 Å². The van der Waals surface area contributed by atoms with Crippen LogP contribution in [0, 0.1) is 9.39 Å². The molecule has 0 aliphatic rings. The van der Waals surface area contributed by atoms with Crippen molar-refractivity contribution in [3.05, 3.63) is 44.1 Å². The maximum atomic E-state index is 12.7. The molecule has 0 atom stereocenters. The van der Waals surface area contributed by atoms with E-state index in [1.165, 1.54) is 24.5 Å². The van der Waals surface area contributed by atoms with Gasteiger partial charge in [0.05, 0.1) is 8.96 Å². The first-order valence-electron chi connectivity index (χ1n) is 3.55. The zero-order chi connectivity index (χ0) is 9.42. The second-order valence-corrected chi connectivity index (χ2v) is 3.72. The summed E-state index contributed by atoms with van der Waals surface area (Å²) >= 11 is 1.88. The Morgan fingerprint density at radius 1 is 1.38 bits per heavy atom. The monoisotopic (exact) mass is 290 g/mol. The summed E-state index contributed by atoms with van der Waals surface area (Å²) in [6, 6.07) is 3.88. The summed E-state index contributed by atoms with van der Waals surface area (Å²) in [6.07, 6.45) is 1.32. The van der Waals surface area contributed by atoms with Gasteiger partial charge >= 0.3 is 0 Å². The molecule has 0 bridgehead atoms. The van der Waals surface area contributed by atoms with Crippen molar-refractivity contribution in [3.8, 4) is 0 Å². The molecule has 4 heteroatoms. The van der Waals surface area contributed by atoms with Crippen molar-refractivity contribution < 1.29 is 8.81 Å². The summed E-state index contributed by atoms with van der Waals surface area (Å²) in [7, 11) is 0. The minimum Gasteiger partial charge on any atom is -0.463 e. The predicted octanol–water partition coefficient (Wildman–Crippen LogP) is 2.54. The summed E-state index contributed by atoms with van der Waals surface area (Å²) < 4.78 is 18.3. The Hall–Kier alpha value is -0.910. The van der Waals surface area contributed by atoms with E-state index in [0.717, 1.165) is 0 Å². The Morgan fingerprint density at radius 3 is 2.92 bits per heavy atom. The van der Waals surface area contributed by atoms with E-state index in [1.54, 1.807) is 0 Å². The molecule has 0 saturated carbocycles. The molecule has 1 heterocycles. The van der Waals surface area contributed by atoms with Gasteiger partial charge in [0.25, 0.3) is 0 Å². The molecular weight excluding hydrogens is 286 g/mol. The molecule has 1 aromatic carbocycles. The van der Waals surface area contributed by atoms with E-state index in [-0.39, 0.29) is 11.0 Å². The van der Waals surface area contributed by atoms with Crippen LogP contribution in [0.15, 0.2) is 33.7 Å². The van der Waals surface area contributed by atoms with E-state index < -0.39 is 5.82 Å². The zero-order valence-electron chi connectivity index (χ0n) is 6.38. The number of fused-ring (bicyclic) bond motifs is 1. The Kier molecular flexibility index (Phi) is 2.07. The van der Waals surface area contributed by atoms with Crippen molar-refractivity contribution in [1.82, 2.24) is 0 Å². The Bertz CT molecular complexity index is 518. The number of benzene rings is 1. The standard InChI is InChI=1S/C9H4FIO2/c10-5-1-2-6-8(3-5)13-4-7(11)9(6)12/h1-4H. The number of hydrogen-bond acceptors (Lipinski definition) is 2. The fraction of sp³-hybridized carbons (Fsp3) is 0. The molecule has 66 valence electrons. The van der Waals surface area contributed by atoms with Crippen LogP contribution in [0.3, 0.4) is 0 Å². The average Bonchev–Trinajstić information content (AvgIpc) is 2.12. The van der Waals surface area contributed by atoms with Gasteiger partial charge in [0.2, 0.25) is 5.43 Å². The minimum atomic E-state index is -0.406. The highest BCUT2D eigenvalue weighted by Gasteiger charge is 2.04. The molecule has 0 unspecified atom stereocenters. The quantitative estimate of drug-likeness (QED) is 0.698. The van der Waals surface area contributed by atoms with Gasteiger partial charge in [-0.05, 0) is 34.7 Å². The fourth-order valence-electron chi connectivity index (χ4n) is 1.08. The van der Waals surface area contributed by atoms with Crippen LogP contribution in [-0.4, -0.2) is 0 Å². The highest BCUT2D eigenvalue weighted by molar-refractivity contribution is 14.1. The van der Waals surface area contributed by atoms with E-state index in [4.69, 9.17) is 4.42 Å². The summed E-state index contributed by atoms with van der Waals surface area (Å²) in [4.78, 5) is 11.4. The predicted molar refractivity (Wildman–Crippen MR) is 55.2 cm³/mol. The maximum Gasteiger partial charge on any atom is 0.205 e. The van der Waals surface area contributed by atoms with Crippen LogP contribution in [0.1, 0.15) is 0 Å². The van der Waals surface area contributed by atoms with Crippen LogP contribution in [-0.2, 0) is 0 Å². The summed E-state index contributed by atoms with van der Waals surface area (Å²) in [5.41, 5.74) is 0.160. The average molecular weight is 290 g/mol. The molecule has 0 aliphatic heterocycles. The van der Waals surface area contributed by atoms with Crippen LogP contribution < -0.4 is 5.43 Å². The van der Waals surface area contributed by atoms with E-state index in [9.17, 15) is 9.18 Å². The molecule has 0 saturated heterocycles. The van der Waals surface area contributed by atoms with Crippen molar-refractivity contribution in [2.75, 3.05) is 0 Å². The fourth-order valence-corrected chi connectivity index (χ4v) is 1.50. The van der Waals surface area contributed by atoms with E-state index in [0.29, 0.717) is 8.96 Å². The first-order valence-corrected chi connectivity index (χ1v) is 4.63. The van der Waals surface area contributed by atoms with Crippen molar-refractivity contribution in [3.63, 3.8) is 0 Å². The van der Waals surface area contributed by atoms with Crippen LogP contribution in [0.5, 0.6) is 0 Å². The Balaban J connectivity index is 2.95. The lowest BCUT2D eigenvalue weighted by molar-refractivity contribution is 0.585. The molecule has 0 radical (unpaired) electrons. The number of halogens is 2. The first kappa shape index (κ1) is 8.68. The molecule has 0 amide bonds. The summed E-state index contributed by atoms with van der Waals surface area (Å²) in [5, 5.41) is 0.410. The lowest BCUT2D eigenvalue weighted by atomic mass is 10.2. The molecule has 0 N–H and O–H groups in total. The number of hydrogen-bond donors (Lipinski definition) is 0. The lowest BCUT2D eigenvalue weighted by Crippen LogP contribution is -2.04. The topological polar surface area (TPSA) is 30.2 Å². The van der Waals surface area contributed by atoms with Crippen LogP contribution in [0.4, 0.5) is 4.39 Å². The van der Waals surface area contributed by atoms with Crippen molar-refractivity contribution in [2.45, 2.75) is 0 Å². The largest absolute Gasteiger partial charge is 0.463 e. The lowest BCUT2D eigenvalue weighted by Gasteiger charge is -1.96. The molecule has 1 aromatic heterocycles. The van der Waals surface area contributed by atoms with E-state index in [1.807, 2.05) is 22.6 Å². The van der Waals surface area contributed by atoms with Crippen LogP contribution in [0.2, 0.25) is 0 Å². The molecule has 0 aliphatic carbocycles. The molecule has 0 fully saturated rings. The van der Waals surface area contributed by atoms with Gasteiger partial charge in [0.15, 0.2) is 0 Å². The molecule has 2 aromatic rings. The van der Waals surface area contributed by atoms with Crippen molar-refractivity contribution in [2.24, 2.45) is 0 Å². The molecule has 2 nitrogen and oxygen atoms in total. The van der Waals surface area contributed by atoms with Crippen molar-refractivity contribution in [1.29, 1.82) is 0 Å². The van der Waals surface area contributed by atoms with Gasteiger partial charge in [-0.25, -0.2) is 4.39 Å². The molecule has 0 spiro atoms. The summed E-state index contributed by atoms with van der Waals surface area (Å²) in [6.45, 7) is 0. The van der Waals surface area contributed by atoms with Gasteiger partial charge in [0, 0.05) is 6.07 Å². The third-order valence-corrected chi connectivity index (χ3v) is 2.44. The second kappa shape index (κ2) is 3.10. The highest BCUT2D eigenvalue weighted by Crippen LogP contribution is 2.13. The SMILES string of the molecule is O=c1c(I)coc2cc(F)ccc12. The molecule has 13 heavy (non-hydrogen) atoms. The van der Waals surface area contributed by atoms with Gasteiger partial charge in [-0.15, -0.1) is 0 Å². The minimum absolute atomic E-state index is 0.123.